The number of nitrogens with one attached hydrogen (secondary N) is 1. The van der Waals surface area contributed by atoms with Crippen LogP contribution in [0.5, 0.6) is 0 Å². The van der Waals surface area contributed by atoms with Gasteiger partial charge in [0, 0.05) is 6.04 Å². The number of ether oxygens (including phenoxy) is 1. The molecule has 74 valence electrons. The molecule has 1 fully saturated rings. The quantitative estimate of drug-likeness (QED) is 0.292. The Morgan fingerprint density at radius 2 is 2.46 bits per heavy atom. The van der Waals surface area contributed by atoms with Crippen LogP contribution in [0.1, 0.15) is 26.2 Å². The number of hydrogen-bond acceptors (Lipinski definition) is 3. The lowest BCUT2D eigenvalue weighted by atomic mass is 10.1. The summed E-state index contributed by atoms with van der Waals surface area (Å²) in [7, 11) is 0. The third-order valence-corrected chi connectivity index (χ3v) is 2.15. The maximum Gasteiger partial charge on any atom is 0.324 e. The van der Waals surface area contributed by atoms with E-state index in [1.807, 2.05) is 13.0 Å². The number of unbranched alkanes of at least 4 members (excludes halogenated alkanes) is 1. The lowest BCUT2D eigenvalue weighted by Gasteiger charge is -1.97. The molecule has 0 aliphatic carbocycles. The summed E-state index contributed by atoms with van der Waals surface area (Å²) in [6.45, 7) is 5.94. The van der Waals surface area contributed by atoms with Crippen molar-refractivity contribution in [1.29, 1.82) is 0 Å². The van der Waals surface area contributed by atoms with Crippen molar-refractivity contribution in [3.8, 4) is 0 Å². The Hall–Kier alpha value is -0.830. The number of carbonyl (C=O) groups is 1. The summed E-state index contributed by atoms with van der Waals surface area (Å²) in [6, 6.07) is 0.309. The number of allylic oxidation sites excluding steroid dienone is 1. The third kappa shape index (κ3) is 3.19. The first-order chi connectivity index (χ1) is 6.29. The molecule has 1 saturated heterocycles. The van der Waals surface area contributed by atoms with Crippen LogP contribution in [0.25, 0.3) is 0 Å². The van der Waals surface area contributed by atoms with Crippen molar-refractivity contribution in [3.05, 3.63) is 12.7 Å². The smallest absolute Gasteiger partial charge is 0.324 e. The molecule has 0 aromatic heterocycles. The fraction of sp³-hybridized carbons (Fsp3) is 0.700. The number of esters is 1. The number of carbonyl (C=O) groups excluding carboxylic acids is 1. The van der Waals surface area contributed by atoms with E-state index in [2.05, 4.69) is 11.9 Å². The van der Waals surface area contributed by atoms with Gasteiger partial charge in [0.05, 0.1) is 6.61 Å². The molecule has 1 aliphatic rings. The van der Waals surface area contributed by atoms with Gasteiger partial charge in [-0.05, 0) is 26.2 Å². The molecule has 0 aromatic rings. The maximum atomic E-state index is 11.1. The third-order valence-electron chi connectivity index (χ3n) is 2.15. The van der Waals surface area contributed by atoms with Crippen molar-refractivity contribution in [2.24, 2.45) is 0 Å². The van der Waals surface area contributed by atoms with Crippen LogP contribution in [0.3, 0.4) is 0 Å². The van der Waals surface area contributed by atoms with E-state index in [0.29, 0.717) is 12.6 Å². The minimum atomic E-state index is -0.105. The maximum absolute atomic E-state index is 11.1. The summed E-state index contributed by atoms with van der Waals surface area (Å²) in [6.07, 6.45) is 5.06. The highest BCUT2D eigenvalue weighted by Crippen LogP contribution is 2.18. The lowest BCUT2D eigenvalue weighted by molar-refractivity contribution is -0.142. The largest absolute Gasteiger partial charge is 0.465 e. The van der Waals surface area contributed by atoms with Crippen molar-refractivity contribution in [3.63, 3.8) is 0 Å². The van der Waals surface area contributed by atoms with Crippen LogP contribution in [0.4, 0.5) is 0 Å². The first-order valence-electron chi connectivity index (χ1n) is 4.83. The first-order valence-corrected chi connectivity index (χ1v) is 4.83. The molecule has 3 nitrogen and oxygen atoms in total. The predicted molar refractivity (Wildman–Crippen MR) is 51.4 cm³/mol. The van der Waals surface area contributed by atoms with Crippen LogP contribution in [0.15, 0.2) is 12.7 Å². The van der Waals surface area contributed by atoms with Gasteiger partial charge in [-0.3, -0.25) is 10.1 Å². The van der Waals surface area contributed by atoms with Gasteiger partial charge >= 0.3 is 5.97 Å². The van der Waals surface area contributed by atoms with Crippen LogP contribution in [0, 0.1) is 0 Å². The molecule has 13 heavy (non-hydrogen) atoms. The van der Waals surface area contributed by atoms with Gasteiger partial charge in [-0.2, -0.15) is 0 Å². The Balaban J connectivity index is 2.07. The Labute approximate surface area is 79.2 Å². The molecule has 0 bridgehead atoms. The summed E-state index contributed by atoms with van der Waals surface area (Å²) in [5, 5.41) is 3.10. The summed E-state index contributed by atoms with van der Waals surface area (Å²) in [5.41, 5.74) is 0. The van der Waals surface area contributed by atoms with Gasteiger partial charge in [0.1, 0.15) is 6.04 Å². The zero-order chi connectivity index (χ0) is 9.68. The SMILES string of the molecule is C=CCCCC1NC1C(=O)OCC. The van der Waals surface area contributed by atoms with Crippen LogP contribution < -0.4 is 5.32 Å². The molecule has 0 spiro atoms. The minimum Gasteiger partial charge on any atom is -0.465 e. The first kappa shape index (κ1) is 10.3. The summed E-state index contributed by atoms with van der Waals surface area (Å²) < 4.78 is 4.88. The molecule has 1 heterocycles. The number of rotatable bonds is 6. The Morgan fingerprint density at radius 3 is 3.08 bits per heavy atom. The molecule has 3 heteroatoms. The standard InChI is InChI=1S/C10H17NO2/c1-3-5-6-7-8-9(11-8)10(12)13-4-2/h3,8-9,11H,1,4-7H2,2H3. The lowest BCUT2D eigenvalue weighted by Crippen LogP contribution is -2.14. The van der Waals surface area contributed by atoms with Gasteiger partial charge in [-0.1, -0.05) is 6.08 Å². The van der Waals surface area contributed by atoms with Gasteiger partial charge in [0.15, 0.2) is 0 Å². The van der Waals surface area contributed by atoms with Crippen molar-refractivity contribution in [2.45, 2.75) is 38.3 Å². The van der Waals surface area contributed by atoms with Crippen molar-refractivity contribution in [2.75, 3.05) is 6.61 Å². The fourth-order valence-corrected chi connectivity index (χ4v) is 1.37. The van der Waals surface area contributed by atoms with Gasteiger partial charge in [0.25, 0.3) is 0 Å². The second-order valence-electron chi connectivity index (χ2n) is 3.22. The fourth-order valence-electron chi connectivity index (χ4n) is 1.37. The second-order valence-corrected chi connectivity index (χ2v) is 3.22. The molecular formula is C10H17NO2. The summed E-state index contributed by atoms with van der Waals surface area (Å²) in [5.74, 6) is -0.105. The van der Waals surface area contributed by atoms with E-state index in [4.69, 9.17) is 4.74 Å². The van der Waals surface area contributed by atoms with Crippen LogP contribution in [0.2, 0.25) is 0 Å². The van der Waals surface area contributed by atoms with Crippen LogP contribution >= 0.6 is 0 Å². The van der Waals surface area contributed by atoms with Gasteiger partial charge in [-0.25, -0.2) is 0 Å². The van der Waals surface area contributed by atoms with E-state index in [1.54, 1.807) is 0 Å². The average Bonchev–Trinajstić information content (AvgIpc) is 2.85. The summed E-state index contributed by atoms with van der Waals surface area (Å²) in [4.78, 5) is 11.1. The highest BCUT2D eigenvalue weighted by atomic mass is 16.5. The molecule has 0 amide bonds. The van der Waals surface area contributed by atoms with Crippen LogP contribution in [-0.2, 0) is 9.53 Å². The van der Waals surface area contributed by atoms with E-state index < -0.39 is 0 Å². The molecule has 2 unspecified atom stereocenters. The van der Waals surface area contributed by atoms with Crippen LogP contribution in [-0.4, -0.2) is 24.7 Å². The van der Waals surface area contributed by atoms with E-state index in [1.165, 1.54) is 0 Å². The van der Waals surface area contributed by atoms with Gasteiger partial charge in [0.2, 0.25) is 0 Å². The molecule has 2 atom stereocenters. The predicted octanol–water partition coefficient (Wildman–Crippen LogP) is 1.25. The van der Waals surface area contributed by atoms with E-state index in [9.17, 15) is 4.79 Å². The molecular weight excluding hydrogens is 166 g/mol. The molecule has 0 aromatic carbocycles. The van der Waals surface area contributed by atoms with E-state index in [0.717, 1.165) is 19.3 Å². The second kappa shape index (κ2) is 5.02. The normalized spacial score (nSPS) is 25.3. The van der Waals surface area contributed by atoms with Gasteiger partial charge < -0.3 is 4.74 Å². The summed E-state index contributed by atoms with van der Waals surface area (Å²) >= 11 is 0. The highest BCUT2D eigenvalue weighted by molar-refractivity contribution is 5.80. The minimum absolute atomic E-state index is 0.0373. The molecule has 0 saturated carbocycles. The highest BCUT2D eigenvalue weighted by Gasteiger charge is 2.42. The van der Waals surface area contributed by atoms with Crippen molar-refractivity contribution in [1.82, 2.24) is 5.32 Å². The Kier molecular flexibility index (Phi) is 3.96. The molecule has 0 radical (unpaired) electrons. The monoisotopic (exact) mass is 183 g/mol. The van der Waals surface area contributed by atoms with Crippen molar-refractivity contribution >= 4 is 5.97 Å². The molecule has 1 aliphatic heterocycles. The Bertz CT molecular complexity index is 191. The Morgan fingerprint density at radius 1 is 1.69 bits per heavy atom. The molecule has 1 N–H and O–H groups in total. The number of hydrogen-bond donors (Lipinski definition) is 1. The van der Waals surface area contributed by atoms with Crippen molar-refractivity contribution < 1.29 is 9.53 Å². The molecule has 1 rings (SSSR count). The van der Waals surface area contributed by atoms with E-state index >= 15 is 0 Å². The average molecular weight is 183 g/mol. The van der Waals surface area contributed by atoms with Gasteiger partial charge in [-0.15, -0.1) is 6.58 Å². The topological polar surface area (TPSA) is 48.2 Å². The zero-order valence-corrected chi connectivity index (χ0v) is 8.08. The zero-order valence-electron chi connectivity index (χ0n) is 8.08. The van der Waals surface area contributed by atoms with E-state index in [-0.39, 0.29) is 12.0 Å².